The zero-order valence-electron chi connectivity index (χ0n) is 12.2. The Labute approximate surface area is 114 Å². The lowest BCUT2D eigenvalue weighted by Crippen LogP contribution is -2.41. The smallest absolute Gasteiger partial charge is 0.165 e. The molecule has 0 saturated heterocycles. The van der Waals surface area contributed by atoms with E-state index in [1.807, 2.05) is 18.9 Å². The molecule has 110 valence electrons. The van der Waals surface area contributed by atoms with Crippen molar-refractivity contribution in [1.82, 2.24) is 25.1 Å². The predicted molar refractivity (Wildman–Crippen MR) is 73.3 cm³/mol. The van der Waals surface area contributed by atoms with Crippen LogP contribution in [0.1, 0.15) is 33.0 Å². The van der Waals surface area contributed by atoms with Gasteiger partial charge in [-0.2, -0.15) is 0 Å². The molecule has 0 bridgehead atoms. The molecule has 0 radical (unpaired) electrons. The number of nitrogens with zero attached hydrogens (tertiary/aromatic N) is 5. The first-order valence-electron chi connectivity index (χ1n) is 6.41. The molecular formula is C11H23N5O2S. The van der Waals surface area contributed by atoms with E-state index in [0.717, 1.165) is 18.8 Å². The van der Waals surface area contributed by atoms with Gasteiger partial charge in [0.1, 0.15) is 0 Å². The third kappa shape index (κ3) is 4.24. The molecule has 8 heteroatoms. The molecule has 7 nitrogen and oxygen atoms in total. The van der Waals surface area contributed by atoms with Crippen molar-refractivity contribution in [2.45, 2.75) is 51.6 Å². The van der Waals surface area contributed by atoms with E-state index in [1.54, 1.807) is 11.6 Å². The maximum atomic E-state index is 11.6. The molecule has 0 spiro atoms. The van der Waals surface area contributed by atoms with Gasteiger partial charge in [0.05, 0.1) is 11.8 Å². The third-order valence-corrected chi connectivity index (χ3v) is 5.23. The lowest BCUT2D eigenvalue weighted by molar-refractivity contribution is 0.234. The van der Waals surface area contributed by atoms with Gasteiger partial charge in [0.15, 0.2) is 15.7 Å². The minimum atomic E-state index is -3.05. The van der Waals surface area contributed by atoms with Crippen molar-refractivity contribution >= 4 is 9.84 Å². The first-order chi connectivity index (χ1) is 8.77. The van der Waals surface area contributed by atoms with Crippen LogP contribution in [0.25, 0.3) is 0 Å². The summed E-state index contributed by atoms with van der Waals surface area (Å²) in [5, 5.41) is 11.2. The normalized spacial score (nSPS) is 15.7. The fourth-order valence-electron chi connectivity index (χ4n) is 1.81. The summed E-state index contributed by atoms with van der Waals surface area (Å²) in [4.78, 5) is 1.96. The molecule has 0 amide bonds. The molecule has 2 atom stereocenters. The molecular weight excluding hydrogens is 266 g/mol. The summed E-state index contributed by atoms with van der Waals surface area (Å²) < 4.78 is 24.9. The third-order valence-electron chi connectivity index (χ3n) is 3.48. The molecule has 0 N–H and O–H groups in total. The van der Waals surface area contributed by atoms with Crippen molar-refractivity contribution in [3.05, 3.63) is 5.82 Å². The van der Waals surface area contributed by atoms with E-state index in [4.69, 9.17) is 0 Å². The Hall–Kier alpha value is -1.02. The molecule has 0 saturated carbocycles. The SMILES string of the molecule is CCCn1nnnc1CN(C)[C@H](C)[C@@H](C)S(C)(=O)=O. The Balaban J connectivity index is 2.73. The lowest BCUT2D eigenvalue weighted by Gasteiger charge is -2.28. The summed E-state index contributed by atoms with van der Waals surface area (Å²) in [5.41, 5.74) is 0. The first kappa shape index (κ1) is 16.0. The van der Waals surface area contributed by atoms with Crippen LogP contribution >= 0.6 is 0 Å². The summed E-state index contributed by atoms with van der Waals surface area (Å²) in [6.45, 7) is 6.99. The molecule has 1 aromatic rings. The van der Waals surface area contributed by atoms with Crippen LogP contribution in [0.5, 0.6) is 0 Å². The highest BCUT2D eigenvalue weighted by molar-refractivity contribution is 7.91. The Morgan fingerprint density at radius 1 is 1.37 bits per heavy atom. The monoisotopic (exact) mass is 289 g/mol. The van der Waals surface area contributed by atoms with Crippen molar-refractivity contribution in [3.63, 3.8) is 0 Å². The summed E-state index contributed by atoms with van der Waals surface area (Å²) in [7, 11) is -1.16. The van der Waals surface area contributed by atoms with Gasteiger partial charge in [-0.05, 0) is 37.7 Å². The molecule has 0 aromatic carbocycles. The van der Waals surface area contributed by atoms with E-state index in [2.05, 4.69) is 22.4 Å². The van der Waals surface area contributed by atoms with E-state index >= 15 is 0 Å². The minimum absolute atomic E-state index is 0.0956. The fourth-order valence-corrected chi connectivity index (χ4v) is 2.73. The zero-order chi connectivity index (χ0) is 14.6. The average molecular weight is 289 g/mol. The van der Waals surface area contributed by atoms with Crippen LogP contribution in [-0.4, -0.2) is 58.1 Å². The van der Waals surface area contributed by atoms with Crippen LogP contribution < -0.4 is 0 Å². The van der Waals surface area contributed by atoms with Gasteiger partial charge in [-0.25, -0.2) is 13.1 Å². The topological polar surface area (TPSA) is 81.0 Å². The summed E-state index contributed by atoms with van der Waals surface area (Å²) in [6, 6.07) is -0.0956. The molecule has 19 heavy (non-hydrogen) atoms. The Morgan fingerprint density at radius 3 is 2.53 bits per heavy atom. The Kier molecular flexibility index (Phi) is 5.42. The maximum absolute atomic E-state index is 11.6. The molecule has 0 aliphatic carbocycles. The zero-order valence-corrected chi connectivity index (χ0v) is 13.1. The largest absolute Gasteiger partial charge is 0.295 e. The molecule has 1 heterocycles. The van der Waals surface area contributed by atoms with Gasteiger partial charge in [0, 0.05) is 18.8 Å². The second-order valence-electron chi connectivity index (χ2n) is 5.01. The van der Waals surface area contributed by atoms with E-state index in [0.29, 0.717) is 6.54 Å². The number of tetrazole rings is 1. The highest BCUT2D eigenvalue weighted by Crippen LogP contribution is 2.12. The van der Waals surface area contributed by atoms with Gasteiger partial charge in [-0.15, -0.1) is 5.10 Å². The summed E-state index contributed by atoms with van der Waals surface area (Å²) in [5.74, 6) is 0.761. The van der Waals surface area contributed by atoms with Crippen molar-refractivity contribution in [2.24, 2.45) is 0 Å². The van der Waals surface area contributed by atoms with E-state index in [1.165, 1.54) is 6.26 Å². The molecule has 0 aliphatic heterocycles. The number of aryl methyl sites for hydroxylation is 1. The van der Waals surface area contributed by atoms with Crippen LogP contribution in [0.3, 0.4) is 0 Å². The maximum Gasteiger partial charge on any atom is 0.165 e. The van der Waals surface area contributed by atoms with Gasteiger partial charge < -0.3 is 0 Å². The second kappa shape index (κ2) is 6.42. The van der Waals surface area contributed by atoms with E-state index in [-0.39, 0.29) is 6.04 Å². The second-order valence-corrected chi connectivity index (χ2v) is 7.41. The van der Waals surface area contributed by atoms with Gasteiger partial charge >= 0.3 is 0 Å². The molecule has 0 fully saturated rings. The fraction of sp³-hybridized carbons (Fsp3) is 0.909. The van der Waals surface area contributed by atoms with E-state index < -0.39 is 15.1 Å². The highest BCUT2D eigenvalue weighted by Gasteiger charge is 2.26. The Bertz CT molecular complexity index is 499. The van der Waals surface area contributed by atoms with Crippen molar-refractivity contribution in [1.29, 1.82) is 0 Å². The van der Waals surface area contributed by atoms with Crippen LogP contribution in [0.4, 0.5) is 0 Å². The lowest BCUT2D eigenvalue weighted by atomic mass is 10.2. The minimum Gasteiger partial charge on any atom is -0.295 e. The molecule has 0 aliphatic rings. The molecule has 1 rings (SSSR count). The molecule has 1 aromatic heterocycles. The number of rotatable bonds is 7. The van der Waals surface area contributed by atoms with Crippen molar-refractivity contribution in [3.8, 4) is 0 Å². The van der Waals surface area contributed by atoms with Gasteiger partial charge in [0.2, 0.25) is 0 Å². The summed E-state index contributed by atoms with van der Waals surface area (Å²) >= 11 is 0. The Morgan fingerprint density at radius 2 is 2.00 bits per heavy atom. The van der Waals surface area contributed by atoms with Gasteiger partial charge in [0.25, 0.3) is 0 Å². The number of hydrogen-bond donors (Lipinski definition) is 0. The van der Waals surface area contributed by atoms with Gasteiger partial charge in [-0.3, -0.25) is 4.90 Å². The predicted octanol–water partition coefficient (Wildman–Crippen LogP) is 0.337. The highest BCUT2D eigenvalue weighted by atomic mass is 32.2. The van der Waals surface area contributed by atoms with Crippen LogP contribution in [0, 0.1) is 0 Å². The van der Waals surface area contributed by atoms with E-state index in [9.17, 15) is 8.42 Å². The standard InChI is InChI=1S/C11H23N5O2S/c1-6-7-16-11(12-13-14-16)8-15(4)9(2)10(3)19(5,17)18/h9-10H,6-8H2,1-5H3/t9-,10-/m1/s1. The van der Waals surface area contributed by atoms with Crippen LogP contribution in [0.2, 0.25) is 0 Å². The van der Waals surface area contributed by atoms with Crippen molar-refractivity contribution in [2.75, 3.05) is 13.3 Å². The molecule has 0 unspecified atom stereocenters. The van der Waals surface area contributed by atoms with Crippen molar-refractivity contribution < 1.29 is 8.42 Å². The quantitative estimate of drug-likeness (QED) is 0.720. The number of hydrogen-bond acceptors (Lipinski definition) is 6. The van der Waals surface area contributed by atoms with Gasteiger partial charge in [-0.1, -0.05) is 6.92 Å². The van der Waals surface area contributed by atoms with Crippen LogP contribution in [0.15, 0.2) is 0 Å². The number of aromatic nitrogens is 4. The average Bonchev–Trinajstić information content (AvgIpc) is 2.74. The number of sulfone groups is 1. The first-order valence-corrected chi connectivity index (χ1v) is 8.37. The summed E-state index contributed by atoms with van der Waals surface area (Å²) in [6.07, 6.45) is 2.22. The van der Waals surface area contributed by atoms with Crippen LogP contribution in [-0.2, 0) is 22.9 Å².